The first kappa shape index (κ1) is 13.7. The van der Waals surface area contributed by atoms with Crippen molar-refractivity contribution < 1.29 is 4.74 Å². The van der Waals surface area contributed by atoms with Crippen molar-refractivity contribution in [2.24, 2.45) is 0 Å². The van der Waals surface area contributed by atoms with E-state index in [2.05, 4.69) is 52.9 Å². The van der Waals surface area contributed by atoms with Gasteiger partial charge in [0.1, 0.15) is 5.75 Å². The van der Waals surface area contributed by atoms with Crippen LogP contribution in [0.1, 0.15) is 11.1 Å². The molecule has 21 heavy (non-hydrogen) atoms. The summed E-state index contributed by atoms with van der Waals surface area (Å²) in [5.41, 5.74) is 3.84. The molecule has 0 atom stereocenters. The maximum absolute atomic E-state index is 5.17. The van der Waals surface area contributed by atoms with E-state index in [4.69, 9.17) is 4.74 Å². The lowest BCUT2D eigenvalue weighted by Crippen LogP contribution is -2.16. The third-order valence-corrected chi connectivity index (χ3v) is 3.74. The molecule has 3 aromatic rings. The number of nitrogens with one attached hydrogen (secondary N) is 2. The highest BCUT2D eigenvalue weighted by Crippen LogP contribution is 2.17. The highest BCUT2D eigenvalue weighted by molar-refractivity contribution is 5.82. The molecule has 1 heterocycles. The molecule has 0 saturated carbocycles. The van der Waals surface area contributed by atoms with E-state index in [0.717, 1.165) is 25.3 Å². The number of aromatic nitrogens is 1. The molecule has 0 aliphatic rings. The molecule has 0 saturated heterocycles. The topological polar surface area (TPSA) is 37.0 Å². The van der Waals surface area contributed by atoms with Crippen molar-refractivity contribution in [3.63, 3.8) is 0 Å². The second-order valence-corrected chi connectivity index (χ2v) is 5.13. The van der Waals surface area contributed by atoms with Crippen LogP contribution in [0.3, 0.4) is 0 Å². The van der Waals surface area contributed by atoms with Crippen molar-refractivity contribution in [3.8, 4) is 5.75 Å². The first-order valence-corrected chi connectivity index (χ1v) is 7.25. The summed E-state index contributed by atoms with van der Waals surface area (Å²) in [5, 5.41) is 4.81. The molecule has 2 N–H and O–H groups in total. The number of ether oxygens (including phenoxy) is 1. The number of benzene rings is 2. The summed E-state index contributed by atoms with van der Waals surface area (Å²) in [6.45, 7) is 1.85. The van der Waals surface area contributed by atoms with Crippen LogP contribution < -0.4 is 10.1 Å². The van der Waals surface area contributed by atoms with E-state index in [1.807, 2.05) is 12.1 Å². The minimum atomic E-state index is 0.889. The van der Waals surface area contributed by atoms with Gasteiger partial charge in [-0.2, -0.15) is 0 Å². The van der Waals surface area contributed by atoms with Crippen LogP contribution >= 0.6 is 0 Å². The summed E-state index contributed by atoms with van der Waals surface area (Å²) >= 11 is 0. The maximum Gasteiger partial charge on any atom is 0.118 e. The predicted octanol–water partition coefficient (Wildman–Crippen LogP) is 3.51. The van der Waals surface area contributed by atoms with Gasteiger partial charge in [-0.15, -0.1) is 0 Å². The summed E-state index contributed by atoms with van der Waals surface area (Å²) < 4.78 is 5.17. The number of H-pyrrole nitrogens is 1. The molecule has 3 rings (SSSR count). The van der Waals surface area contributed by atoms with E-state index in [9.17, 15) is 0 Å². The van der Waals surface area contributed by atoms with Gasteiger partial charge >= 0.3 is 0 Å². The molecule has 108 valence electrons. The zero-order chi connectivity index (χ0) is 14.5. The molecule has 0 bridgehead atoms. The van der Waals surface area contributed by atoms with Crippen LogP contribution in [-0.4, -0.2) is 18.6 Å². The zero-order valence-corrected chi connectivity index (χ0v) is 12.2. The molecule has 0 amide bonds. The van der Waals surface area contributed by atoms with Crippen molar-refractivity contribution in [2.45, 2.75) is 13.0 Å². The molecular weight excluding hydrogens is 260 g/mol. The highest BCUT2D eigenvalue weighted by atomic mass is 16.5. The Morgan fingerprint density at radius 2 is 1.86 bits per heavy atom. The lowest BCUT2D eigenvalue weighted by Gasteiger charge is -2.05. The summed E-state index contributed by atoms with van der Waals surface area (Å²) in [4.78, 5) is 3.31. The molecule has 0 aliphatic carbocycles. The molecule has 3 heteroatoms. The second-order valence-electron chi connectivity index (χ2n) is 5.13. The van der Waals surface area contributed by atoms with Gasteiger partial charge in [0.15, 0.2) is 0 Å². The van der Waals surface area contributed by atoms with Gasteiger partial charge in [-0.1, -0.05) is 30.3 Å². The van der Waals surface area contributed by atoms with Crippen LogP contribution in [0.2, 0.25) is 0 Å². The van der Waals surface area contributed by atoms with Crippen LogP contribution in [0, 0.1) is 0 Å². The summed E-state index contributed by atoms with van der Waals surface area (Å²) in [6.07, 6.45) is 3.11. The Kier molecular flexibility index (Phi) is 4.22. The van der Waals surface area contributed by atoms with Gasteiger partial charge in [0.2, 0.25) is 0 Å². The van der Waals surface area contributed by atoms with Crippen molar-refractivity contribution >= 4 is 10.9 Å². The maximum atomic E-state index is 5.17. The van der Waals surface area contributed by atoms with Gasteiger partial charge in [-0.05, 0) is 42.3 Å². The second kappa shape index (κ2) is 6.46. The quantitative estimate of drug-likeness (QED) is 0.678. The van der Waals surface area contributed by atoms with Crippen LogP contribution in [-0.2, 0) is 13.0 Å². The van der Waals surface area contributed by atoms with Crippen molar-refractivity contribution in [3.05, 3.63) is 65.9 Å². The normalized spacial score (nSPS) is 10.9. The lowest BCUT2D eigenvalue weighted by molar-refractivity contribution is 0.414. The fraction of sp³-hybridized carbons (Fsp3) is 0.222. The summed E-state index contributed by atoms with van der Waals surface area (Å²) in [7, 11) is 1.69. The number of para-hydroxylation sites is 1. The predicted molar refractivity (Wildman–Crippen MR) is 86.7 cm³/mol. The van der Waals surface area contributed by atoms with Gasteiger partial charge < -0.3 is 15.0 Å². The smallest absolute Gasteiger partial charge is 0.118 e. The fourth-order valence-electron chi connectivity index (χ4n) is 2.53. The fourth-order valence-corrected chi connectivity index (χ4v) is 2.53. The van der Waals surface area contributed by atoms with Crippen molar-refractivity contribution in [1.29, 1.82) is 0 Å². The minimum absolute atomic E-state index is 0.889. The van der Waals surface area contributed by atoms with Crippen molar-refractivity contribution in [1.82, 2.24) is 10.3 Å². The van der Waals surface area contributed by atoms with Gasteiger partial charge in [-0.3, -0.25) is 0 Å². The number of hydrogen-bond donors (Lipinski definition) is 2. The monoisotopic (exact) mass is 280 g/mol. The molecule has 0 unspecified atom stereocenters. The van der Waals surface area contributed by atoms with E-state index < -0.39 is 0 Å². The standard InChI is InChI=1S/C18H20N2O/c1-21-16-8-6-14(7-9-16)10-11-19-12-15-13-20-18-5-3-2-4-17(15)18/h2-9,13,19-20H,10-12H2,1H3. The molecular formula is C18H20N2O. The molecule has 0 fully saturated rings. The van der Waals surface area contributed by atoms with Crippen LogP contribution in [0.5, 0.6) is 5.75 Å². The van der Waals surface area contributed by atoms with Gasteiger partial charge in [0.05, 0.1) is 7.11 Å². The van der Waals surface area contributed by atoms with E-state index in [1.54, 1.807) is 7.11 Å². The van der Waals surface area contributed by atoms with Crippen LogP contribution in [0.4, 0.5) is 0 Å². The SMILES string of the molecule is COc1ccc(CCNCc2c[nH]c3ccccc23)cc1. The number of aromatic amines is 1. The zero-order valence-electron chi connectivity index (χ0n) is 12.2. The van der Waals surface area contributed by atoms with E-state index in [0.29, 0.717) is 0 Å². The van der Waals surface area contributed by atoms with E-state index >= 15 is 0 Å². The van der Waals surface area contributed by atoms with E-state index in [1.165, 1.54) is 22.0 Å². The third kappa shape index (κ3) is 3.26. The van der Waals surface area contributed by atoms with Crippen LogP contribution in [0.25, 0.3) is 10.9 Å². The first-order valence-electron chi connectivity index (χ1n) is 7.25. The highest BCUT2D eigenvalue weighted by Gasteiger charge is 2.02. The summed E-state index contributed by atoms with van der Waals surface area (Å²) in [5.74, 6) is 0.908. The molecule has 0 spiro atoms. The Labute approximate surface area is 125 Å². The number of rotatable bonds is 6. The average Bonchev–Trinajstić information content (AvgIpc) is 2.95. The Bertz CT molecular complexity index is 701. The summed E-state index contributed by atoms with van der Waals surface area (Å²) in [6, 6.07) is 16.7. The van der Waals surface area contributed by atoms with Crippen LogP contribution in [0.15, 0.2) is 54.7 Å². The van der Waals surface area contributed by atoms with E-state index in [-0.39, 0.29) is 0 Å². The number of fused-ring (bicyclic) bond motifs is 1. The van der Waals surface area contributed by atoms with Gasteiger partial charge in [0, 0.05) is 23.6 Å². The average molecular weight is 280 g/mol. The molecule has 2 aromatic carbocycles. The largest absolute Gasteiger partial charge is 0.497 e. The van der Waals surface area contributed by atoms with Crippen molar-refractivity contribution in [2.75, 3.05) is 13.7 Å². The Morgan fingerprint density at radius 1 is 1.05 bits per heavy atom. The number of hydrogen-bond acceptors (Lipinski definition) is 2. The number of methoxy groups -OCH3 is 1. The Balaban J connectivity index is 1.51. The Morgan fingerprint density at radius 3 is 2.67 bits per heavy atom. The van der Waals surface area contributed by atoms with Gasteiger partial charge in [-0.25, -0.2) is 0 Å². The molecule has 1 aromatic heterocycles. The minimum Gasteiger partial charge on any atom is -0.497 e. The molecule has 0 aliphatic heterocycles. The molecule has 0 radical (unpaired) electrons. The molecule has 3 nitrogen and oxygen atoms in total. The Hall–Kier alpha value is -2.26. The lowest BCUT2D eigenvalue weighted by atomic mass is 10.1. The van der Waals surface area contributed by atoms with Gasteiger partial charge in [0.25, 0.3) is 0 Å². The third-order valence-electron chi connectivity index (χ3n) is 3.74. The first-order chi connectivity index (χ1) is 10.4.